The van der Waals surface area contributed by atoms with Crippen LogP contribution >= 0.6 is 11.3 Å². The predicted molar refractivity (Wildman–Crippen MR) is 124 cm³/mol. The molecule has 8 heteroatoms. The number of para-hydroxylation sites is 1. The lowest BCUT2D eigenvalue weighted by atomic mass is 9.99. The quantitative estimate of drug-likeness (QED) is 0.401. The molecular formula is C25H21F2N3O2S. The van der Waals surface area contributed by atoms with Crippen molar-refractivity contribution in [3.05, 3.63) is 76.4 Å². The van der Waals surface area contributed by atoms with Crippen molar-refractivity contribution in [3.8, 4) is 17.0 Å². The summed E-state index contributed by atoms with van der Waals surface area (Å²) in [6, 6.07) is 10.8. The van der Waals surface area contributed by atoms with Crippen LogP contribution in [-0.4, -0.2) is 22.5 Å². The van der Waals surface area contributed by atoms with E-state index in [-0.39, 0.29) is 17.9 Å². The first-order chi connectivity index (χ1) is 15.9. The van der Waals surface area contributed by atoms with Crippen molar-refractivity contribution >= 4 is 27.5 Å². The fourth-order valence-corrected chi connectivity index (χ4v) is 5.57. The van der Waals surface area contributed by atoms with E-state index in [4.69, 9.17) is 4.74 Å². The molecule has 2 aromatic heterocycles. The minimum absolute atomic E-state index is 0.00784. The van der Waals surface area contributed by atoms with Crippen molar-refractivity contribution in [2.75, 3.05) is 6.61 Å². The van der Waals surface area contributed by atoms with E-state index in [1.807, 2.05) is 38.1 Å². The Kier molecular flexibility index (Phi) is 5.54. The van der Waals surface area contributed by atoms with Gasteiger partial charge >= 0.3 is 0 Å². The molecule has 3 heterocycles. The molecule has 0 saturated carbocycles. The number of hydrogen-bond donors (Lipinski definition) is 1. The van der Waals surface area contributed by atoms with Crippen LogP contribution in [0.1, 0.15) is 53.0 Å². The Labute approximate surface area is 193 Å². The molecule has 168 valence electrons. The number of thiophene rings is 1. The number of halogens is 2. The molecule has 1 aliphatic heterocycles. The van der Waals surface area contributed by atoms with Gasteiger partial charge in [-0.2, -0.15) is 0 Å². The van der Waals surface area contributed by atoms with Crippen molar-refractivity contribution in [3.63, 3.8) is 0 Å². The van der Waals surface area contributed by atoms with Gasteiger partial charge < -0.3 is 10.1 Å². The first-order valence-corrected chi connectivity index (χ1v) is 11.5. The number of carbonyl (C=O) groups excluding carboxylic acids is 1. The minimum Gasteiger partial charge on any atom is -0.493 e. The lowest BCUT2D eigenvalue weighted by Gasteiger charge is -2.26. The molecular weight excluding hydrogens is 444 g/mol. The van der Waals surface area contributed by atoms with Gasteiger partial charge in [-0.3, -0.25) is 4.79 Å². The van der Waals surface area contributed by atoms with Crippen LogP contribution in [0.4, 0.5) is 8.78 Å². The van der Waals surface area contributed by atoms with Gasteiger partial charge in [-0.1, -0.05) is 32.0 Å². The monoisotopic (exact) mass is 465 g/mol. The zero-order valence-corrected chi connectivity index (χ0v) is 18.9. The smallest absolute Gasteiger partial charge is 0.262 e. The van der Waals surface area contributed by atoms with E-state index in [1.165, 1.54) is 29.8 Å². The summed E-state index contributed by atoms with van der Waals surface area (Å²) in [6.07, 6.45) is 2.04. The molecule has 4 aromatic rings. The highest BCUT2D eigenvalue weighted by Gasteiger charge is 2.28. The van der Waals surface area contributed by atoms with Crippen LogP contribution in [0.5, 0.6) is 5.75 Å². The first kappa shape index (κ1) is 21.5. The zero-order chi connectivity index (χ0) is 23.1. The third-order valence-electron chi connectivity index (χ3n) is 5.69. The number of carbonyl (C=O) groups is 1. The van der Waals surface area contributed by atoms with Crippen molar-refractivity contribution in [2.45, 2.75) is 32.2 Å². The Hall–Kier alpha value is -3.39. The lowest BCUT2D eigenvalue weighted by molar-refractivity contribution is 0.0928. The molecule has 0 bridgehead atoms. The van der Waals surface area contributed by atoms with E-state index in [2.05, 4.69) is 15.3 Å². The highest BCUT2D eigenvalue weighted by molar-refractivity contribution is 7.21. The van der Waals surface area contributed by atoms with Gasteiger partial charge in [0, 0.05) is 29.2 Å². The van der Waals surface area contributed by atoms with Gasteiger partial charge in [0.2, 0.25) is 0 Å². The highest BCUT2D eigenvalue weighted by atomic mass is 32.1. The number of amides is 1. The molecule has 1 atom stereocenters. The number of nitrogens with one attached hydrogen (secondary N) is 1. The zero-order valence-electron chi connectivity index (χ0n) is 18.1. The summed E-state index contributed by atoms with van der Waals surface area (Å²) in [6.45, 7) is 4.50. The summed E-state index contributed by atoms with van der Waals surface area (Å²) in [4.78, 5) is 22.7. The molecule has 1 aliphatic rings. The highest BCUT2D eigenvalue weighted by Crippen LogP contribution is 2.40. The van der Waals surface area contributed by atoms with Gasteiger partial charge in [0.25, 0.3) is 5.91 Å². The van der Waals surface area contributed by atoms with Gasteiger partial charge in [-0.25, -0.2) is 18.7 Å². The van der Waals surface area contributed by atoms with E-state index in [0.29, 0.717) is 39.4 Å². The first-order valence-electron chi connectivity index (χ1n) is 10.7. The molecule has 1 amide bonds. The van der Waals surface area contributed by atoms with E-state index in [1.54, 1.807) is 0 Å². The standard InChI is InChI=1S/C25H21F2N3O2S/c1-13(2)20-22-24(21(28-12-29-22)14-9-15(26)11-16(27)10-14)33-23(20)25(31)30-18-7-8-32-19-6-4-3-5-17(18)19/h3-6,9-13,18H,7-8H2,1-2H3,(H,30,31). The summed E-state index contributed by atoms with van der Waals surface area (Å²) in [5.41, 5.74) is 3.08. The topological polar surface area (TPSA) is 64.1 Å². The van der Waals surface area contributed by atoms with Crippen molar-refractivity contribution < 1.29 is 18.3 Å². The average molecular weight is 466 g/mol. The van der Waals surface area contributed by atoms with Crippen LogP contribution in [0.3, 0.4) is 0 Å². The van der Waals surface area contributed by atoms with Gasteiger partial charge in [0.05, 0.1) is 33.4 Å². The second kappa shape index (κ2) is 8.51. The second-order valence-corrected chi connectivity index (χ2v) is 9.28. The molecule has 1 N–H and O–H groups in total. The molecule has 0 aliphatic carbocycles. The number of rotatable bonds is 4. The Bertz CT molecular complexity index is 1350. The summed E-state index contributed by atoms with van der Waals surface area (Å²) in [7, 11) is 0. The maximum Gasteiger partial charge on any atom is 0.262 e. The van der Waals surface area contributed by atoms with Crippen LogP contribution in [0.2, 0.25) is 0 Å². The second-order valence-electron chi connectivity index (χ2n) is 8.26. The molecule has 0 spiro atoms. The number of benzene rings is 2. The number of hydrogen-bond acceptors (Lipinski definition) is 5. The van der Waals surface area contributed by atoms with Crippen LogP contribution in [-0.2, 0) is 0 Å². The normalized spacial score (nSPS) is 15.4. The van der Waals surface area contributed by atoms with Crippen LogP contribution in [0, 0.1) is 11.6 Å². The SMILES string of the molecule is CC(C)c1c(C(=O)NC2CCOc3ccccc32)sc2c(-c3cc(F)cc(F)c3)ncnc12. The van der Waals surface area contributed by atoms with E-state index >= 15 is 0 Å². The van der Waals surface area contributed by atoms with Gasteiger partial charge in [-0.05, 0) is 24.1 Å². The van der Waals surface area contributed by atoms with Gasteiger partial charge in [-0.15, -0.1) is 11.3 Å². The Morgan fingerprint density at radius 3 is 2.67 bits per heavy atom. The number of nitrogens with zero attached hydrogens (tertiary/aromatic N) is 2. The molecule has 1 unspecified atom stereocenters. The van der Waals surface area contributed by atoms with E-state index < -0.39 is 11.6 Å². The molecule has 5 rings (SSSR count). The van der Waals surface area contributed by atoms with Crippen molar-refractivity contribution in [1.29, 1.82) is 0 Å². The van der Waals surface area contributed by atoms with Crippen LogP contribution < -0.4 is 10.1 Å². The maximum atomic E-state index is 13.9. The Morgan fingerprint density at radius 2 is 1.91 bits per heavy atom. The molecule has 0 fully saturated rings. The Balaban J connectivity index is 1.59. The Morgan fingerprint density at radius 1 is 1.15 bits per heavy atom. The summed E-state index contributed by atoms with van der Waals surface area (Å²) < 4.78 is 34.1. The summed E-state index contributed by atoms with van der Waals surface area (Å²) in [5.74, 6) is -0.800. The van der Waals surface area contributed by atoms with E-state index in [0.717, 1.165) is 22.9 Å². The molecule has 33 heavy (non-hydrogen) atoms. The number of aromatic nitrogens is 2. The maximum absolute atomic E-state index is 13.9. The fraction of sp³-hybridized carbons (Fsp3) is 0.240. The van der Waals surface area contributed by atoms with E-state index in [9.17, 15) is 13.6 Å². The van der Waals surface area contributed by atoms with Crippen molar-refractivity contribution in [1.82, 2.24) is 15.3 Å². The molecule has 5 nitrogen and oxygen atoms in total. The minimum atomic E-state index is -0.687. The van der Waals surface area contributed by atoms with Crippen LogP contribution in [0.25, 0.3) is 21.5 Å². The summed E-state index contributed by atoms with van der Waals surface area (Å²) >= 11 is 1.25. The van der Waals surface area contributed by atoms with Crippen molar-refractivity contribution in [2.24, 2.45) is 0 Å². The van der Waals surface area contributed by atoms with Gasteiger partial charge in [0.1, 0.15) is 23.7 Å². The average Bonchev–Trinajstić information content (AvgIpc) is 3.19. The lowest BCUT2D eigenvalue weighted by Crippen LogP contribution is -2.32. The number of ether oxygens (including phenoxy) is 1. The molecule has 0 saturated heterocycles. The fourth-order valence-electron chi connectivity index (χ4n) is 4.24. The third-order valence-corrected chi connectivity index (χ3v) is 6.89. The predicted octanol–water partition coefficient (Wildman–Crippen LogP) is 6.01. The third kappa shape index (κ3) is 3.95. The molecule has 2 aromatic carbocycles. The van der Waals surface area contributed by atoms with Crippen LogP contribution in [0.15, 0.2) is 48.8 Å². The number of fused-ring (bicyclic) bond motifs is 2. The molecule has 0 radical (unpaired) electrons. The van der Waals surface area contributed by atoms with Gasteiger partial charge in [0.15, 0.2) is 0 Å². The largest absolute Gasteiger partial charge is 0.493 e. The summed E-state index contributed by atoms with van der Waals surface area (Å²) in [5, 5.41) is 3.15.